The van der Waals surface area contributed by atoms with E-state index in [-0.39, 0.29) is 28.9 Å². The summed E-state index contributed by atoms with van der Waals surface area (Å²) in [5.41, 5.74) is 3.98. The van der Waals surface area contributed by atoms with Crippen molar-refractivity contribution in [3.05, 3.63) is 69.2 Å². The number of fused-ring (bicyclic) bond motifs is 1. The second-order valence-corrected chi connectivity index (χ2v) is 12.5. The number of benzene rings is 2. The van der Waals surface area contributed by atoms with Crippen molar-refractivity contribution in [3.63, 3.8) is 0 Å². The molecule has 5 rings (SSSR count). The first-order chi connectivity index (χ1) is 16.9. The van der Waals surface area contributed by atoms with Crippen LogP contribution in [0.3, 0.4) is 0 Å². The van der Waals surface area contributed by atoms with Crippen LogP contribution in [-0.4, -0.2) is 38.3 Å². The van der Waals surface area contributed by atoms with E-state index in [1.165, 1.54) is 23.1 Å². The molecule has 1 unspecified atom stereocenters. The molecule has 1 aromatic heterocycles. The lowest BCUT2D eigenvalue weighted by Crippen LogP contribution is -2.49. The molecule has 0 amide bonds. The van der Waals surface area contributed by atoms with Crippen LogP contribution in [-0.2, 0) is 28.3 Å². The van der Waals surface area contributed by atoms with Gasteiger partial charge < -0.3 is 10.1 Å². The van der Waals surface area contributed by atoms with Crippen LogP contribution in [0.5, 0.6) is 5.75 Å². The number of aromatic nitrogens is 2. The molecule has 2 aliphatic rings. The Labute approximate surface area is 215 Å². The molecular weight excluding hydrogens is 504 g/mol. The maximum atomic E-state index is 12.4. The standard InChI is InChI=1S/C25H29ClN4O3S2/c1-2-22-29-30-24(34-22)35(31,32)28-14-15-33-20-9-4-17-10-13-27-23(21(17)16-20)25(11-3-12-25)18-5-7-19(26)8-6-18/h4-9,16,23,27-28H,2-3,10-15H2,1H3. The Morgan fingerprint density at radius 1 is 1.20 bits per heavy atom. The van der Waals surface area contributed by atoms with Gasteiger partial charge in [-0.1, -0.05) is 54.5 Å². The van der Waals surface area contributed by atoms with E-state index in [4.69, 9.17) is 16.3 Å². The van der Waals surface area contributed by atoms with Crippen molar-refractivity contribution in [1.29, 1.82) is 0 Å². The minimum absolute atomic E-state index is 0.00922. The number of rotatable bonds is 9. The maximum absolute atomic E-state index is 12.4. The van der Waals surface area contributed by atoms with Crippen LogP contribution in [0.4, 0.5) is 0 Å². The summed E-state index contributed by atoms with van der Waals surface area (Å²) >= 11 is 7.25. The lowest BCUT2D eigenvalue weighted by molar-refractivity contribution is 0.164. The molecule has 2 heterocycles. The highest BCUT2D eigenvalue weighted by Gasteiger charge is 2.47. The second kappa shape index (κ2) is 10.1. The molecule has 0 bridgehead atoms. The van der Waals surface area contributed by atoms with Gasteiger partial charge in [0, 0.05) is 23.0 Å². The molecule has 3 aromatic rings. The molecule has 7 nitrogen and oxygen atoms in total. The minimum Gasteiger partial charge on any atom is -0.492 e. The third kappa shape index (κ3) is 4.97. The molecule has 1 atom stereocenters. The molecule has 1 fully saturated rings. The molecule has 35 heavy (non-hydrogen) atoms. The van der Waals surface area contributed by atoms with Crippen molar-refractivity contribution >= 4 is 33.0 Å². The third-order valence-electron chi connectivity index (χ3n) is 7.03. The fourth-order valence-corrected chi connectivity index (χ4v) is 7.26. The van der Waals surface area contributed by atoms with Crippen molar-refractivity contribution in [3.8, 4) is 5.75 Å². The van der Waals surface area contributed by atoms with Gasteiger partial charge in [0.15, 0.2) is 0 Å². The highest BCUT2D eigenvalue weighted by atomic mass is 35.5. The molecule has 1 saturated carbocycles. The van der Waals surface area contributed by atoms with Crippen molar-refractivity contribution in [2.45, 2.75) is 54.8 Å². The Bertz CT molecular complexity index is 1290. The number of hydrogen-bond donors (Lipinski definition) is 2. The van der Waals surface area contributed by atoms with Gasteiger partial charge in [-0.2, -0.15) is 0 Å². The van der Waals surface area contributed by atoms with E-state index in [2.05, 4.69) is 44.5 Å². The molecule has 0 radical (unpaired) electrons. The number of hydrogen-bond acceptors (Lipinski definition) is 7. The zero-order chi connectivity index (χ0) is 24.5. The van der Waals surface area contributed by atoms with Crippen LogP contribution in [0.25, 0.3) is 0 Å². The van der Waals surface area contributed by atoms with E-state index < -0.39 is 10.0 Å². The molecule has 2 N–H and O–H groups in total. The molecule has 0 saturated heterocycles. The SMILES string of the molecule is CCc1nnc(S(=O)(=O)NCCOc2ccc3c(c2)C(C2(c4ccc(Cl)cc4)CCC2)NCC3)s1. The van der Waals surface area contributed by atoms with Crippen molar-refractivity contribution in [2.75, 3.05) is 19.7 Å². The molecule has 1 aliphatic carbocycles. The van der Waals surface area contributed by atoms with Gasteiger partial charge in [-0.3, -0.25) is 0 Å². The monoisotopic (exact) mass is 532 g/mol. The molecule has 10 heteroatoms. The van der Waals surface area contributed by atoms with Gasteiger partial charge in [0.2, 0.25) is 4.34 Å². The van der Waals surface area contributed by atoms with Crippen LogP contribution in [0.2, 0.25) is 5.02 Å². The minimum atomic E-state index is -3.68. The van der Waals surface area contributed by atoms with Crippen LogP contribution >= 0.6 is 22.9 Å². The summed E-state index contributed by atoms with van der Waals surface area (Å²) in [6.07, 6.45) is 5.10. The largest absolute Gasteiger partial charge is 0.492 e. The van der Waals surface area contributed by atoms with Crippen LogP contribution in [0, 0.1) is 0 Å². The Balaban J connectivity index is 1.28. The molecular formula is C25H29ClN4O3S2. The average Bonchev–Trinajstić information content (AvgIpc) is 3.33. The van der Waals surface area contributed by atoms with Gasteiger partial charge in [-0.25, -0.2) is 13.1 Å². The van der Waals surface area contributed by atoms with Crippen molar-refractivity contribution in [1.82, 2.24) is 20.2 Å². The van der Waals surface area contributed by atoms with Crippen molar-refractivity contribution in [2.24, 2.45) is 0 Å². The van der Waals surface area contributed by atoms with E-state index in [9.17, 15) is 8.42 Å². The topological polar surface area (TPSA) is 93.2 Å². The predicted molar refractivity (Wildman–Crippen MR) is 138 cm³/mol. The Kier molecular flexibility index (Phi) is 7.14. The van der Waals surface area contributed by atoms with Gasteiger partial charge in [0.1, 0.15) is 17.4 Å². The Morgan fingerprint density at radius 2 is 2.00 bits per heavy atom. The van der Waals surface area contributed by atoms with E-state index in [1.54, 1.807) is 0 Å². The van der Waals surface area contributed by atoms with Gasteiger partial charge >= 0.3 is 0 Å². The summed E-state index contributed by atoms with van der Waals surface area (Å²) in [5, 5.41) is 12.9. The fourth-order valence-electron chi connectivity index (χ4n) is 5.09. The molecule has 0 spiro atoms. The highest BCUT2D eigenvalue weighted by molar-refractivity contribution is 7.91. The van der Waals surface area contributed by atoms with Crippen molar-refractivity contribution < 1.29 is 13.2 Å². The molecule has 1 aliphatic heterocycles. The first kappa shape index (κ1) is 24.6. The average molecular weight is 533 g/mol. The number of aryl methyl sites for hydroxylation is 1. The summed E-state index contributed by atoms with van der Waals surface area (Å²) in [7, 11) is -3.68. The smallest absolute Gasteiger partial charge is 0.269 e. The number of nitrogens with zero attached hydrogens (tertiary/aromatic N) is 2. The second-order valence-electron chi connectivity index (χ2n) is 9.08. The highest BCUT2D eigenvalue weighted by Crippen LogP contribution is 2.53. The van der Waals surface area contributed by atoms with E-state index >= 15 is 0 Å². The number of ether oxygens (including phenoxy) is 1. The first-order valence-corrected chi connectivity index (χ1v) is 14.7. The van der Waals surface area contributed by atoms with Gasteiger partial charge in [0.05, 0.1) is 0 Å². The van der Waals surface area contributed by atoms with Crippen LogP contribution in [0.15, 0.2) is 46.8 Å². The number of halogens is 1. The van der Waals surface area contributed by atoms with Crippen LogP contribution < -0.4 is 14.8 Å². The predicted octanol–water partition coefficient (Wildman–Crippen LogP) is 4.42. The third-order valence-corrected chi connectivity index (χ3v) is 10.2. The quantitative estimate of drug-likeness (QED) is 0.396. The fraction of sp³-hybridized carbons (Fsp3) is 0.440. The summed E-state index contributed by atoms with van der Waals surface area (Å²) < 4.78 is 33.4. The van der Waals surface area contributed by atoms with Gasteiger partial charge in [-0.05, 0) is 73.2 Å². The van der Waals surface area contributed by atoms with E-state index in [0.717, 1.165) is 47.9 Å². The summed E-state index contributed by atoms with van der Waals surface area (Å²) in [5.74, 6) is 0.742. The van der Waals surface area contributed by atoms with Gasteiger partial charge in [-0.15, -0.1) is 10.2 Å². The number of nitrogens with one attached hydrogen (secondary N) is 2. The number of sulfonamides is 1. The normalized spacial score (nSPS) is 19.1. The van der Waals surface area contributed by atoms with Crippen LogP contribution in [0.1, 0.15) is 53.9 Å². The zero-order valence-electron chi connectivity index (χ0n) is 19.6. The van der Waals surface area contributed by atoms with E-state index in [1.807, 2.05) is 25.1 Å². The zero-order valence-corrected chi connectivity index (χ0v) is 22.0. The van der Waals surface area contributed by atoms with E-state index in [0.29, 0.717) is 11.4 Å². The lowest BCUT2D eigenvalue weighted by atomic mass is 9.58. The summed E-state index contributed by atoms with van der Waals surface area (Å²) in [6.45, 7) is 3.23. The Hall–Kier alpha value is -2.04. The molecule has 2 aromatic carbocycles. The Morgan fingerprint density at radius 3 is 2.69 bits per heavy atom. The maximum Gasteiger partial charge on any atom is 0.269 e. The van der Waals surface area contributed by atoms with Gasteiger partial charge in [0.25, 0.3) is 10.0 Å². The lowest BCUT2D eigenvalue weighted by Gasteiger charge is -2.50. The summed E-state index contributed by atoms with van der Waals surface area (Å²) in [6, 6.07) is 14.7. The molecule has 186 valence electrons. The first-order valence-electron chi connectivity index (χ1n) is 12.0. The summed E-state index contributed by atoms with van der Waals surface area (Å²) in [4.78, 5) is 0.